The van der Waals surface area contributed by atoms with Gasteiger partial charge in [0.25, 0.3) is 0 Å². The number of rotatable bonds is 1. The Morgan fingerprint density at radius 1 is 1.62 bits per heavy atom. The van der Waals surface area contributed by atoms with Gasteiger partial charge in [-0.15, -0.1) is 11.3 Å². The summed E-state index contributed by atoms with van der Waals surface area (Å²) in [5, 5.41) is 5.50. The summed E-state index contributed by atoms with van der Waals surface area (Å²) >= 11 is 10.5. The number of hydrogen-bond acceptors (Lipinski definition) is 4. The molecule has 0 amide bonds. The van der Waals surface area contributed by atoms with Crippen molar-refractivity contribution in [2.24, 2.45) is 0 Å². The van der Waals surface area contributed by atoms with E-state index in [2.05, 4.69) is 21.1 Å². The molecule has 0 unspecified atom stereocenters. The highest BCUT2D eigenvalue weighted by Crippen LogP contribution is 2.35. The summed E-state index contributed by atoms with van der Waals surface area (Å²) in [6.45, 7) is 0. The Morgan fingerprint density at radius 3 is 2.85 bits per heavy atom. The second kappa shape index (κ2) is 3.32. The maximum absolute atomic E-state index is 5.78. The number of halogens is 2. The fraction of sp³-hybridized carbons (Fsp3) is 0. The monoisotopic (exact) mass is 278 g/mol. The summed E-state index contributed by atoms with van der Waals surface area (Å²) in [5.41, 5.74) is 6.38. The molecule has 2 rings (SSSR count). The normalized spacial score (nSPS) is 10.6. The van der Waals surface area contributed by atoms with E-state index in [1.807, 2.05) is 5.38 Å². The Kier molecular flexibility index (Phi) is 2.31. The first-order chi connectivity index (χ1) is 6.18. The SMILES string of the molecule is Nc1noc(-c2csc(Cl)c2)c1Br. The third kappa shape index (κ3) is 1.59. The number of anilines is 1. The van der Waals surface area contributed by atoms with Gasteiger partial charge in [-0.3, -0.25) is 0 Å². The van der Waals surface area contributed by atoms with Gasteiger partial charge in [-0.05, 0) is 22.0 Å². The van der Waals surface area contributed by atoms with E-state index in [-0.39, 0.29) is 0 Å². The van der Waals surface area contributed by atoms with Crippen molar-refractivity contribution in [1.29, 1.82) is 0 Å². The van der Waals surface area contributed by atoms with Gasteiger partial charge in [-0.2, -0.15) is 0 Å². The lowest BCUT2D eigenvalue weighted by atomic mass is 10.3. The molecule has 0 spiro atoms. The number of nitrogens with zero attached hydrogens (tertiary/aromatic N) is 1. The Morgan fingerprint density at radius 2 is 2.38 bits per heavy atom. The highest BCUT2D eigenvalue weighted by molar-refractivity contribution is 9.10. The van der Waals surface area contributed by atoms with Gasteiger partial charge in [-0.25, -0.2) is 0 Å². The van der Waals surface area contributed by atoms with E-state index in [1.54, 1.807) is 6.07 Å². The van der Waals surface area contributed by atoms with Gasteiger partial charge in [0.1, 0.15) is 4.47 Å². The third-order valence-corrected chi connectivity index (χ3v) is 3.35. The molecule has 0 radical (unpaired) electrons. The summed E-state index contributed by atoms with van der Waals surface area (Å²) in [6.07, 6.45) is 0. The molecular weight excluding hydrogens is 276 g/mol. The molecule has 0 aliphatic heterocycles. The third-order valence-electron chi connectivity index (χ3n) is 1.49. The topological polar surface area (TPSA) is 52.0 Å². The van der Waals surface area contributed by atoms with E-state index in [0.29, 0.717) is 20.4 Å². The molecule has 2 N–H and O–H groups in total. The minimum absolute atomic E-state index is 0.345. The van der Waals surface area contributed by atoms with E-state index in [4.69, 9.17) is 21.9 Å². The molecule has 0 fully saturated rings. The van der Waals surface area contributed by atoms with Crippen LogP contribution < -0.4 is 5.73 Å². The van der Waals surface area contributed by atoms with Crippen molar-refractivity contribution in [3.8, 4) is 11.3 Å². The fourth-order valence-corrected chi connectivity index (χ4v) is 2.13. The maximum atomic E-state index is 5.78. The lowest BCUT2D eigenvalue weighted by Gasteiger charge is -1.88. The summed E-state index contributed by atoms with van der Waals surface area (Å²) in [7, 11) is 0. The van der Waals surface area contributed by atoms with Gasteiger partial charge in [0.05, 0.1) is 4.34 Å². The van der Waals surface area contributed by atoms with Crippen molar-refractivity contribution in [3.05, 3.63) is 20.3 Å². The Balaban J connectivity index is 2.52. The number of aromatic nitrogens is 1. The first-order valence-corrected chi connectivity index (χ1v) is 5.38. The van der Waals surface area contributed by atoms with Crippen LogP contribution in [0.25, 0.3) is 11.3 Å². The smallest absolute Gasteiger partial charge is 0.184 e. The average Bonchev–Trinajstić information content (AvgIpc) is 2.62. The molecule has 6 heteroatoms. The van der Waals surface area contributed by atoms with Crippen LogP contribution in [0.4, 0.5) is 5.82 Å². The highest BCUT2D eigenvalue weighted by Gasteiger charge is 2.13. The summed E-state index contributed by atoms with van der Waals surface area (Å²) in [6, 6.07) is 1.80. The highest BCUT2D eigenvalue weighted by atomic mass is 79.9. The van der Waals surface area contributed by atoms with Crippen molar-refractivity contribution in [2.45, 2.75) is 0 Å². The van der Waals surface area contributed by atoms with Crippen LogP contribution in [-0.4, -0.2) is 5.16 Å². The van der Waals surface area contributed by atoms with E-state index in [1.165, 1.54) is 11.3 Å². The molecule has 0 aliphatic rings. The largest absolute Gasteiger partial charge is 0.380 e. The van der Waals surface area contributed by atoms with Crippen molar-refractivity contribution >= 4 is 44.7 Å². The minimum atomic E-state index is 0.345. The number of thiophene rings is 1. The molecule has 2 aromatic heterocycles. The molecule has 0 aliphatic carbocycles. The van der Waals surface area contributed by atoms with Crippen molar-refractivity contribution < 1.29 is 4.52 Å². The first-order valence-electron chi connectivity index (χ1n) is 3.33. The van der Waals surface area contributed by atoms with Crippen molar-refractivity contribution in [1.82, 2.24) is 5.16 Å². The van der Waals surface area contributed by atoms with Crippen LogP contribution in [0.1, 0.15) is 0 Å². The molecule has 0 bridgehead atoms. The summed E-state index contributed by atoms with van der Waals surface area (Å²) in [4.78, 5) is 0. The number of nitrogen functional groups attached to an aromatic ring is 1. The zero-order valence-electron chi connectivity index (χ0n) is 6.25. The van der Waals surface area contributed by atoms with Crippen molar-refractivity contribution in [2.75, 3.05) is 5.73 Å². The zero-order valence-corrected chi connectivity index (χ0v) is 9.41. The summed E-state index contributed by atoms with van der Waals surface area (Å²) < 4.78 is 6.39. The van der Waals surface area contributed by atoms with Crippen molar-refractivity contribution in [3.63, 3.8) is 0 Å². The van der Waals surface area contributed by atoms with Crippen LogP contribution in [0, 0.1) is 0 Å². The molecular formula is C7H4BrClN2OS. The van der Waals surface area contributed by atoms with Gasteiger partial charge in [-0.1, -0.05) is 16.8 Å². The quantitative estimate of drug-likeness (QED) is 0.870. The second-order valence-corrected chi connectivity index (χ2v) is 4.69. The van der Waals surface area contributed by atoms with Gasteiger partial charge < -0.3 is 10.3 Å². The van der Waals surface area contributed by atoms with Crippen LogP contribution in [-0.2, 0) is 0 Å². The van der Waals surface area contributed by atoms with Crippen LogP contribution in [0.2, 0.25) is 4.34 Å². The molecule has 0 saturated heterocycles. The molecule has 0 saturated carbocycles. The fourth-order valence-electron chi connectivity index (χ4n) is 0.900. The van der Waals surface area contributed by atoms with Crippen LogP contribution in [0.5, 0.6) is 0 Å². The predicted octanol–water partition coefficient (Wildman–Crippen LogP) is 3.40. The average molecular weight is 280 g/mol. The molecule has 2 heterocycles. The molecule has 3 nitrogen and oxygen atoms in total. The number of nitrogens with two attached hydrogens (primary N) is 1. The zero-order chi connectivity index (χ0) is 9.42. The van der Waals surface area contributed by atoms with Gasteiger partial charge in [0, 0.05) is 10.9 Å². The maximum Gasteiger partial charge on any atom is 0.184 e. The van der Waals surface area contributed by atoms with Crippen LogP contribution in [0.3, 0.4) is 0 Å². The van der Waals surface area contributed by atoms with E-state index >= 15 is 0 Å². The summed E-state index contributed by atoms with van der Waals surface area (Å²) in [5.74, 6) is 0.956. The standard InChI is InChI=1S/C7H4BrClN2OS/c8-5-6(12-11-7(5)10)3-1-4(9)13-2-3/h1-2H,(H2,10,11). The van der Waals surface area contributed by atoms with Gasteiger partial charge in [0.15, 0.2) is 11.6 Å². The Labute approximate surface area is 91.6 Å². The molecule has 0 atom stereocenters. The van der Waals surface area contributed by atoms with E-state index < -0.39 is 0 Å². The lowest BCUT2D eigenvalue weighted by molar-refractivity contribution is 0.435. The molecule has 13 heavy (non-hydrogen) atoms. The molecule has 2 aromatic rings. The van der Waals surface area contributed by atoms with E-state index in [0.717, 1.165) is 5.56 Å². The number of hydrogen-bond donors (Lipinski definition) is 1. The lowest BCUT2D eigenvalue weighted by Crippen LogP contribution is -1.82. The van der Waals surface area contributed by atoms with E-state index in [9.17, 15) is 0 Å². The van der Waals surface area contributed by atoms with Gasteiger partial charge in [0.2, 0.25) is 0 Å². The second-order valence-electron chi connectivity index (χ2n) is 2.35. The van der Waals surface area contributed by atoms with Crippen LogP contribution in [0.15, 0.2) is 20.4 Å². The van der Waals surface area contributed by atoms with Gasteiger partial charge >= 0.3 is 0 Å². The predicted molar refractivity (Wildman–Crippen MR) is 56.9 cm³/mol. The molecule has 0 aromatic carbocycles. The Bertz CT molecular complexity index is 439. The Hall–Kier alpha value is -0.520. The molecule has 68 valence electrons. The minimum Gasteiger partial charge on any atom is -0.380 e. The van der Waals surface area contributed by atoms with Crippen LogP contribution >= 0.6 is 38.9 Å². The first kappa shape index (κ1) is 9.05.